The Kier molecular flexibility index (Phi) is 3.41. The molecule has 0 amide bonds. The van der Waals surface area contributed by atoms with Crippen molar-refractivity contribution in [1.82, 2.24) is 0 Å². The molecule has 0 heterocycles. The number of rotatable bonds is 3. The molecule has 76 valence electrons. The molecule has 0 atom stereocenters. The fourth-order valence-corrected chi connectivity index (χ4v) is 1.03. The van der Waals surface area contributed by atoms with Gasteiger partial charge in [-0.15, -0.1) is 0 Å². The Bertz CT molecular complexity index is 342. The van der Waals surface area contributed by atoms with Crippen molar-refractivity contribution >= 4 is 11.7 Å². The van der Waals surface area contributed by atoms with Gasteiger partial charge in [0.25, 0.3) is 0 Å². The van der Waals surface area contributed by atoms with Crippen molar-refractivity contribution in [3.63, 3.8) is 0 Å². The summed E-state index contributed by atoms with van der Waals surface area (Å²) in [4.78, 5) is 10.9. The second kappa shape index (κ2) is 4.57. The fraction of sp³-hybridized carbons (Fsp3) is 0.222. The average Bonchev–Trinajstić information content (AvgIpc) is 2.20. The molecule has 0 saturated carbocycles. The van der Waals surface area contributed by atoms with E-state index in [0.29, 0.717) is 5.56 Å². The SMILES string of the molecule is COC(=O)Cc1ccc(F)c(NN)c1. The minimum Gasteiger partial charge on any atom is -0.469 e. The number of nitrogen functional groups attached to an aromatic ring is 1. The molecule has 4 nitrogen and oxygen atoms in total. The van der Waals surface area contributed by atoms with E-state index in [4.69, 9.17) is 5.84 Å². The minimum absolute atomic E-state index is 0.103. The lowest BCUT2D eigenvalue weighted by molar-refractivity contribution is -0.139. The quantitative estimate of drug-likeness (QED) is 0.429. The fourth-order valence-electron chi connectivity index (χ4n) is 1.03. The Balaban J connectivity index is 2.84. The highest BCUT2D eigenvalue weighted by Gasteiger charge is 2.06. The Morgan fingerprint density at radius 3 is 2.93 bits per heavy atom. The van der Waals surface area contributed by atoms with Gasteiger partial charge >= 0.3 is 5.97 Å². The van der Waals surface area contributed by atoms with Crippen molar-refractivity contribution in [1.29, 1.82) is 0 Å². The maximum atomic E-state index is 12.9. The lowest BCUT2D eigenvalue weighted by Crippen LogP contribution is -2.10. The van der Waals surface area contributed by atoms with Crippen molar-refractivity contribution in [2.75, 3.05) is 12.5 Å². The molecule has 0 saturated heterocycles. The van der Waals surface area contributed by atoms with Gasteiger partial charge in [0.15, 0.2) is 0 Å². The van der Waals surface area contributed by atoms with Crippen molar-refractivity contribution in [2.45, 2.75) is 6.42 Å². The summed E-state index contributed by atoms with van der Waals surface area (Å²) in [5, 5.41) is 0. The summed E-state index contributed by atoms with van der Waals surface area (Å²) in [6.07, 6.45) is 0.103. The van der Waals surface area contributed by atoms with Crippen molar-refractivity contribution in [2.24, 2.45) is 5.84 Å². The van der Waals surface area contributed by atoms with Crippen LogP contribution in [0.2, 0.25) is 0 Å². The number of ether oxygens (including phenoxy) is 1. The van der Waals surface area contributed by atoms with E-state index >= 15 is 0 Å². The van der Waals surface area contributed by atoms with Gasteiger partial charge in [0.2, 0.25) is 0 Å². The van der Waals surface area contributed by atoms with Gasteiger partial charge < -0.3 is 10.2 Å². The maximum absolute atomic E-state index is 12.9. The average molecular weight is 198 g/mol. The van der Waals surface area contributed by atoms with Crippen molar-refractivity contribution in [3.8, 4) is 0 Å². The number of nitrogens with two attached hydrogens (primary N) is 1. The molecule has 0 aliphatic rings. The second-order valence-electron chi connectivity index (χ2n) is 2.71. The highest BCUT2D eigenvalue weighted by molar-refractivity contribution is 5.72. The molecule has 5 heteroatoms. The molecule has 0 aliphatic heterocycles. The third-order valence-electron chi connectivity index (χ3n) is 1.76. The summed E-state index contributed by atoms with van der Waals surface area (Å²) in [6, 6.07) is 4.22. The standard InChI is InChI=1S/C9H11FN2O2/c1-14-9(13)5-6-2-3-7(10)8(4-6)12-11/h2-4,12H,5,11H2,1H3. The number of hydrazine groups is 1. The molecule has 1 rings (SSSR count). The first kappa shape index (κ1) is 10.5. The van der Waals surface area contributed by atoms with Gasteiger partial charge in [-0.3, -0.25) is 10.6 Å². The summed E-state index contributed by atoms with van der Waals surface area (Å²) >= 11 is 0. The molecule has 0 aromatic heterocycles. The van der Waals surface area contributed by atoms with Gasteiger partial charge in [0.05, 0.1) is 19.2 Å². The molecule has 0 bridgehead atoms. The molecule has 0 unspecified atom stereocenters. The maximum Gasteiger partial charge on any atom is 0.309 e. The number of hydrogen-bond acceptors (Lipinski definition) is 4. The van der Waals surface area contributed by atoms with E-state index in [-0.39, 0.29) is 18.1 Å². The number of benzene rings is 1. The van der Waals surface area contributed by atoms with E-state index in [0.717, 1.165) is 0 Å². The molecule has 0 radical (unpaired) electrons. The molecular formula is C9H11FN2O2. The summed E-state index contributed by atoms with van der Waals surface area (Å²) < 4.78 is 17.4. The van der Waals surface area contributed by atoms with Crippen LogP contribution < -0.4 is 11.3 Å². The number of carbonyl (C=O) groups is 1. The van der Waals surface area contributed by atoms with E-state index in [2.05, 4.69) is 10.2 Å². The van der Waals surface area contributed by atoms with E-state index in [9.17, 15) is 9.18 Å². The van der Waals surface area contributed by atoms with Crippen LogP contribution in [0.5, 0.6) is 0 Å². The van der Waals surface area contributed by atoms with E-state index in [1.165, 1.54) is 25.3 Å². The lowest BCUT2D eigenvalue weighted by atomic mass is 10.1. The minimum atomic E-state index is -0.457. The first-order valence-electron chi connectivity index (χ1n) is 3.99. The van der Waals surface area contributed by atoms with E-state index in [1.54, 1.807) is 0 Å². The summed E-state index contributed by atoms with van der Waals surface area (Å²) in [5.74, 6) is 4.24. The summed E-state index contributed by atoms with van der Waals surface area (Å²) in [6.45, 7) is 0. The monoisotopic (exact) mass is 198 g/mol. The predicted octanol–water partition coefficient (Wildman–Crippen LogP) is 0.827. The van der Waals surface area contributed by atoms with Crippen LogP contribution in [-0.2, 0) is 16.0 Å². The molecule has 14 heavy (non-hydrogen) atoms. The molecule has 3 N–H and O–H groups in total. The molecule has 1 aromatic carbocycles. The van der Waals surface area contributed by atoms with Crippen LogP contribution in [0.25, 0.3) is 0 Å². The number of nitrogens with one attached hydrogen (secondary N) is 1. The Morgan fingerprint density at radius 2 is 2.36 bits per heavy atom. The number of methoxy groups -OCH3 is 1. The third-order valence-corrected chi connectivity index (χ3v) is 1.76. The van der Waals surface area contributed by atoms with Gasteiger partial charge in [-0.25, -0.2) is 4.39 Å². The number of hydrogen-bond donors (Lipinski definition) is 2. The molecule has 0 spiro atoms. The topological polar surface area (TPSA) is 64.3 Å². The highest BCUT2D eigenvalue weighted by Crippen LogP contribution is 2.15. The number of carbonyl (C=O) groups excluding carboxylic acids is 1. The van der Waals surface area contributed by atoms with Crippen LogP contribution in [0.15, 0.2) is 18.2 Å². The van der Waals surface area contributed by atoms with Crippen LogP contribution >= 0.6 is 0 Å². The summed E-state index contributed by atoms with van der Waals surface area (Å²) in [5.41, 5.74) is 3.00. The van der Waals surface area contributed by atoms with Crippen LogP contribution in [0.1, 0.15) is 5.56 Å². The zero-order chi connectivity index (χ0) is 10.6. The van der Waals surface area contributed by atoms with Gasteiger partial charge in [-0.05, 0) is 17.7 Å². The first-order valence-corrected chi connectivity index (χ1v) is 3.99. The Labute approximate surface area is 80.8 Å². The van der Waals surface area contributed by atoms with Gasteiger partial charge in [0.1, 0.15) is 5.82 Å². The second-order valence-corrected chi connectivity index (χ2v) is 2.71. The number of halogens is 1. The lowest BCUT2D eigenvalue weighted by Gasteiger charge is -2.04. The summed E-state index contributed by atoms with van der Waals surface area (Å²) in [7, 11) is 1.30. The highest BCUT2D eigenvalue weighted by atomic mass is 19.1. The number of esters is 1. The first-order chi connectivity index (χ1) is 6.67. The Morgan fingerprint density at radius 1 is 1.64 bits per heavy atom. The molecule has 0 fully saturated rings. The zero-order valence-corrected chi connectivity index (χ0v) is 7.71. The predicted molar refractivity (Wildman–Crippen MR) is 49.9 cm³/mol. The zero-order valence-electron chi connectivity index (χ0n) is 7.71. The molecule has 1 aromatic rings. The normalized spacial score (nSPS) is 9.64. The van der Waals surface area contributed by atoms with E-state index in [1.807, 2.05) is 0 Å². The smallest absolute Gasteiger partial charge is 0.309 e. The molecular weight excluding hydrogens is 187 g/mol. The van der Waals surface area contributed by atoms with Gasteiger partial charge in [-0.1, -0.05) is 6.07 Å². The largest absolute Gasteiger partial charge is 0.469 e. The van der Waals surface area contributed by atoms with Crippen molar-refractivity contribution in [3.05, 3.63) is 29.6 Å². The van der Waals surface area contributed by atoms with Crippen LogP contribution in [0.3, 0.4) is 0 Å². The molecule has 0 aliphatic carbocycles. The van der Waals surface area contributed by atoms with Crippen molar-refractivity contribution < 1.29 is 13.9 Å². The van der Waals surface area contributed by atoms with Crippen LogP contribution in [-0.4, -0.2) is 13.1 Å². The number of anilines is 1. The van der Waals surface area contributed by atoms with Gasteiger partial charge in [0, 0.05) is 0 Å². The Hall–Kier alpha value is -1.62. The van der Waals surface area contributed by atoms with E-state index < -0.39 is 5.82 Å². The van der Waals surface area contributed by atoms with Gasteiger partial charge in [-0.2, -0.15) is 0 Å². The van der Waals surface area contributed by atoms with Crippen LogP contribution in [0, 0.1) is 5.82 Å². The van der Waals surface area contributed by atoms with Crippen LogP contribution in [0.4, 0.5) is 10.1 Å². The third kappa shape index (κ3) is 2.43.